The fraction of sp³-hybridized carbons (Fsp3) is 0.400. The molecule has 0 spiro atoms. The van der Waals surface area contributed by atoms with E-state index in [-0.39, 0.29) is 5.91 Å². The largest absolute Gasteiger partial charge is 0.371 e. The molecule has 1 amide bonds. The normalized spacial score (nSPS) is 15.1. The second-order valence-electron chi connectivity index (χ2n) is 6.74. The molecule has 132 valence electrons. The predicted molar refractivity (Wildman–Crippen MR) is 102 cm³/mol. The van der Waals surface area contributed by atoms with E-state index >= 15 is 0 Å². The third-order valence-corrected chi connectivity index (χ3v) is 4.90. The molecular formula is C20H26N4O. The lowest BCUT2D eigenvalue weighted by Crippen LogP contribution is -2.46. The Balaban J connectivity index is 1.65. The SMILES string of the molecule is CN(C)c1ncccc1C(=O)N1CCC(N(C)c2ccccc2)CC1. The van der Waals surface area contributed by atoms with Gasteiger partial charge < -0.3 is 14.7 Å². The molecule has 1 aromatic carbocycles. The van der Waals surface area contributed by atoms with Gasteiger partial charge in [-0.3, -0.25) is 4.79 Å². The van der Waals surface area contributed by atoms with Crippen molar-refractivity contribution in [3.63, 3.8) is 0 Å². The molecule has 2 heterocycles. The van der Waals surface area contributed by atoms with E-state index in [9.17, 15) is 4.79 Å². The molecule has 1 aromatic heterocycles. The van der Waals surface area contributed by atoms with Crippen molar-refractivity contribution in [2.45, 2.75) is 18.9 Å². The first-order chi connectivity index (χ1) is 12.1. The van der Waals surface area contributed by atoms with Crippen molar-refractivity contribution in [2.75, 3.05) is 44.0 Å². The number of piperidine rings is 1. The van der Waals surface area contributed by atoms with E-state index in [1.807, 2.05) is 42.1 Å². The Morgan fingerprint density at radius 3 is 2.36 bits per heavy atom. The van der Waals surface area contributed by atoms with Crippen LogP contribution in [0.2, 0.25) is 0 Å². The Labute approximate surface area is 149 Å². The fourth-order valence-corrected chi connectivity index (χ4v) is 3.42. The molecule has 25 heavy (non-hydrogen) atoms. The average molecular weight is 338 g/mol. The highest BCUT2D eigenvalue weighted by Gasteiger charge is 2.27. The molecule has 0 aliphatic carbocycles. The van der Waals surface area contributed by atoms with Gasteiger partial charge in [0.15, 0.2) is 0 Å². The van der Waals surface area contributed by atoms with Gasteiger partial charge in [-0.1, -0.05) is 18.2 Å². The molecule has 0 N–H and O–H groups in total. The van der Waals surface area contributed by atoms with Crippen molar-refractivity contribution in [1.29, 1.82) is 0 Å². The quantitative estimate of drug-likeness (QED) is 0.859. The summed E-state index contributed by atoms with van der Waals surface area (Å²) >= 11 is 0. The van der Waals surface area contributed by atoms with Gasteiger partial charge in [-0.15, -0.1) is 0 Å². The maximum Gasteiger partial charge on any atom is 0.257 e. The lowest BCUT2D eigenvalue weighted by atomic mass is 10.0. The van der Waals surface area contributed by atoms with Gasteiger partial charge >= 0.3 is 0 Å². The molecule has 0 saturated carbocycles. The number of benzene rings is 1. The Kier molecular flexibility index (Phi) is 5.22. The van der Waals surface area contributed by atoms with E-state index < -0.39 is 0 Å². The number of carbonyl (C=O) groups is 1. The number of hydrogen-bond acceptors (Lipinski definition) is 4. The number of amides is 1. The van der Waals surface area contributed by atoms with Gasteiger partial charge in [-0.05, 0) is 37.1 Å². The van der Waals surface area contributed by atoms with Crippen molar-refractivity contribution in [3.8, 4) is 0 Å². The van der Waals surface area contributed by atoms with Crippen LogP contribution in [0.5, 0.6) is 0 Å². The number of nitrogens with zero attached hydrogens (tertiary/aromatic N) is 4. The maximum atomic E-state index is 12.9. The summed E-state index contributed by atoms with van der Waals surface area (Å²) in [5.41, 5.74) is 1.91. The number of likely N-dealkylation sites (tertiary alicyclic amines) is 1. The number of carbonyl (C=O) groups excluding carboxylic acids is 1. The number of aromatic nitrogens is 1. The van der Waals surface area contributed by atoms with E-state index in [1.165, 1.54) is 5.69 Å². The molecule has 1 saturated heterocycles. The van der Waals surface area contributed by atoms with Gasteiger partial charge in [0, 0.05) is 52.2 Å². The lowest BCUT2D eigenvalue weighted by Gasteiger charge is -2.38. The van der Waals surface area contributed by atoms with Crippen LogP contribution in [-0.2, 0) is 0 Å². The predicted octanol–water partition coefficient (Wildman–Crippen LogP) is 2.89. The molecular weight excluding hydrogens is 312 g/mol. The van der Waals surface area contributed by atoms with Crippen molar-refractivity contribution < 1.29 is 4.79 Å². The molecule has 1 fully saturated rings. The highest BCUT2D eigenvalue weighted by molar-refractivity contribution is 5.98. The zero-order valence-electron chi connectivity index (χ0n) is 15.2. The maximum absolute atomic E-state index is 12.9. The number of pyridine rings is 1. The molecule has 5 nitrogen and oxygen atoms in total. The summed E-state index contributed by atoms with van der Waals surface area (Å²) in [5, 5.41) is 0. The summed E-state index contributed by atoms with van der Waals surface area (Å²) in [5.74, 6) is 0.814. The minimum Gasteiger partial charge on any atom is -0.371 e. The topological polar surface area (TPSA) is 39.7 Å². The zero-order chi connectivity index (χ0) is 17.8. The summed E-state index contributed by atoms with van der Waals surface area (Å²) in [4.78, 5) is 23.4. The molecule has 2 aromatic rings. The second kappa shape index (κ2) is 7.55. The third-order valence-electron chi connectivity index (χ3n) is 4.90. The van der Waals surface area contributed by atoms with E-state index in [4.69, 9.17) is 0 Å². The zero-order valence-corrected chi connectivity index (χ0v) is 15.2. The van der Waals surface area contributed by atoms with Crippen LogP contribution < -0.4 is 9.80 Å². The average Bonchev–Trinajstić information content (AvgIpc) is 2.67. The first kappa shape index (κ1) is 17.3. The van der Waals surface area contributed by atoms with Crippen LogP contribution in [0, 0.1) is 0 Å². The highest BCUT2D eigenvalue weighted by Crippen LogP contribution is 2.24. The molecule has 0 bridgehead atoms. The summed E-state index contributed by atoms with van der Waals surface area (Å²) in [6.07, 6.45) is 3.69. The Morgan fingerprint density at radius 1 is 1.04 bits per heavy atom. The minimum atomic E-state index is 0.0811. The first-order valence-corrected chi connectivity index (χ1v) is 8.77. The monoisotopic (exact) mass is 338 g/mol. The second-order valence-corrected chi connectivity index (χ2v) is 6.74. The van der Waals surface area contributed by atoms with Crippen molar-refractivity contribution in [2.24, 2.45) is 0 Å². The molecule has 0 radical (unpaired) electrons. The van der Waals surface area contributed by atoms with Gasteiger partial charge in [0.2, 0.25) is 0 Å². The number of para-hydroxylation sites is 1. The Morgan fingerprint density at radius 2 is 1.72 bits per heavy atom. The Hall–Kier alpha value is -2.56. The molecule has 0 unspecified atom stereocenters. The lowest BCUT2D eigenvalue weighted by molar-refractivity contribution is 0.0713. The Bertz CT molecular complexity index is 709. The van der Waals surface area contributed by atoms with Crippen molar-refractivity contribution in [3.05, 3.63) is 54.2 Å². The summed E-state index contributed by atoms with van der Waals surface area (Å²) in [6, 6.07) is 14.6. The summed E-state index contributed by atoms with van der Waals surface area (Å²) < 4.78 is 0. The minimum absolute atomic E-state index is 0.0811. The van der Waals surface area contributed by atoms with Crippen LogP contribution in [0.4, 0.5) is 11.5 Å². The van der Waals surface area contributed by atoms with Crippen LogP contribution in [0.15, 0.2) is 48.7 Å². The van der Waals surface area contributed by atoms with Crippen LogP contribution in [0.1, 0.15) is 23.2 Å². The van der Waals surface area contributed by atoms with Crippen LogP contribution in [0.25, 0.3) is 0 Å². The van der Waals surface area contributed by atoms with E-state index in [0.717, 1.165) is 31.7 Å². The summed E-state index contributed by atoms with van der Waals surface area (Å²) in [6.45, 7) is 1.56. The molecule has 3 rings (SSSR count). The van der Waals surface area contributed by atoms with Crippen molar-refractivity contribution >= 4 is 17.4 Å². The van der Waals surface area contributed by atoms with Gasteiger partial charge in [-0.25, -0.2) is 4.98 Å². The van der Waals surface area contributed by atoms with Crippen molar-refractivity contribution in [1.82, 2.24) is 9.88 Å². The molecule has 1 aliphatic rings. The van der Waals surface area contributed by atoms with Crippen LogP contribution in [0.3, 0.4) is 0 Å². The van der Waals surface area contributed by atoms with E-state index in [0.29, 0.717) is 11.6 Å². The number of rotatable bonds is 4. The van der Waals surface area contributed by atoms with Crippen LogP contribution in [-0.4, -0.2) is 56.1 Å². The smallest absolute Gasteiger partial charge is 0.257 e. The standard InChI is InChI=1S/C20H26N4O/c1-22(2)19-18(10-7-13-21-19)20(25)24-14-11-17(12-15-24)23(3)16-8-5-4-6-9-16/h4-10,13,17H,11-12,14-15H2,1-3H3. The van der Waals surface area contributed by atoms with E-state index in [1.54, 1.807) is 6.20 Å². The van der Waals surface area contributed by atoms with Crippen LogP contribution >= 0.6 is 0 Å². The number of hydrogen-bond donors (Lipinski definition) is 0. The van der Waals surface area contributed by atoms with Gasteiger partial charge in [0.25, 0.3) is 5.91 Å². The van der Waals surface area contributed by atoms with Gasteiger partial charge in [0.05, 0.1) is 5.56 Å². The summed E-state index contributed by atoms with van der Waals surface area (Å²) in [7, 11) is 5.98. The van der Waals surface area contributed by atoms with Gasteiger partial charge in [-0.2, -0.15) is 0 Å². The first-order valence-electron chi connectivity index (χ1n) is 8.77. The molecule has 5 heteroatoms. The third kappa shape index (κ3) is 3.76. The van der Waals surface area contributed by atoms with E-state index in [2.05, 4.69) is 41.2 Å². The highest BCUT2D eigenvalue weighted by atomic mass is 16.2. The molecule has 0 atom stereocenters. The van der Waals surface area contributed by atoms with Gasteiger partial charge in [0.1, 0.15) is 5.82 Å². The fourth-order valence-electron chi connectivity index (χ4n) is 3.42. The number of anilines is 2. The molecule has 1 aliphatic heterocycles.